The van der Waals surface area contributed by atoms with E-state index in [-0.39, 0.29) is 0 Å². The highest BCUT2D eigenvalue weighted by atomic mass is 15.0. The monoisotopic (exact) mass is 281 g/mol. The molecule has 1 rings (SSSR count). The molecular weight excluding hydrogens is 258 g/mol. The molecule has 1 N–H and O–H groups in total. The van der Waals surface area contributed by atoms with Gasteiger partial charge in [0.25, 0.3) is 0 Å². The largest absolute Gasteiger partial charge is 0.340 e. The molecule has 0 saturated heterocycles. The molecule has 3 heteroatoms. The summed E-state index contributed by atoms with van der Waals surface area (Å²) in [5.41, 5.74) is 4.24. The van der Waals surface area contributed by atoms with Gasteiger partial charge in [-0.15, -0.1) is 0 Å². The standard InChI is InChI=1S/C18H23N3/c1-6-7-12-20-17-10-9-16(13-15(17)4)21-18(19-5)11-8-14(2)3/h6-13,21H,5H2,1-4H3/b7-6-,18-11+,20-12?. The van der Waals surface area contributed by atoms with Gasteiger partial charge in [-0.05, 0) is 70.3 Å². The fraction of sp³-hybridized carbons (Fsp3) is 0.222. The van der Waals surface area contributed by atoms with Gasteiger partial charge in [0.1, 0.15) is 5.82 Å². The maximum atomic E-state index is 4.40. The van der Waals surface area contributed by atoms with Crippen LogP contribution >= 0.6 is 0 Å². The van der Waals surface area contributed by atoms with Gasteiger partial charge >= 0.3 is 0 Å². The minimum absolute atomic E-state index is 0.723. The summed E-state index contributed by atoms with van der Waals surface area (Å²) < 4.78 is 0. The van der Waals surface area contributed by atoms with Crippen molar-refractivity contribution in [2.75, 3.05) is 5.32 Å². The summed E-state index contributed by atoms with van der Waals surface area (Å²) >= 11 is 0. The van der Waals surface area contributed by atoms with Gasteiger partial charge in [0.2, 0.25) is 0 Å². The first-order valence-corrected chi connectivity index (χ1v) is 6.91. The molecule has 1 aromatic carbocycles. The fourth-order valence-corrected chi connectivity index (χ4v) is 1.61. The third-order valence-corrected chi connectivity index (χ3v) is 2.71. The van der Waals surface area contributed by atoms with E-state index in [2.05, 4.69) is 22.0 Å². The molecule has 0 aromatic heterocycles. The average molecular weight is 281 g/mol. The molecule has 0 amide bonds. The van der Waals surface area contributed by atoms with Gasteiger partial charge in [-0.2, -0.15) is 0 Å². The first kappa shape index (κ1) is 16.6. The summed E-state index contributed by atoms with van der Waals surface area (Å²) in [4.78, 5) is 8.38. The van der Waals surface area contributed by atoms with Crippen molar-refractivity contribution in [1.29, 1.82) is 0 Å². The second-order valence-corrected chi connectivity index (χ2v) is 4.88. The quantitative estimate of drug-likeness (QED) is 0.565. The van der Waals surface area contributed by atoms with Gasteiger partial charge in [0.05, 0.1) is 5.69 Å². The molecule has 0 unspecified atom stereocenters. The van der Waals surface area contributed by atoms with Crippen LogP contribution in [-0.2, 0) is 0 Å². The van der Waals surface area contributed by atoms with Gasteiger partial charge in [-0.1, -0.05) is 17.7 Å². The number of anilines is 1. The van der Waals surface area contributed by atoms with Crippen LogP contribution in [0.2, 0.25) is 0 Å². The lowest BCUT2D eigenvalue weighted by Crippen LogP contribution is -1.96. The number of aliphatic imine (C=N–C) groups is 2. The Balaban J connectivity index is 2.91. The van der Waals surface area contributed by atoms with Crippen molar-refractivity contribution in [3.05, 3.63) is 59.5 Å². The molecule has 0 bridgehead atoms. The Bertz CT molecular complexity index is 601. The van der Waals surface area contributed by atoms with E-state index in [1.165, 1.54) is 5.57 Å². The molecule has 1 aromatic rings. The van der Waals surface area contributed by atoms with Crippen LogP contribution in [0, 0.1) is 6.92 Å². The SMILES string of the molecule is C=N/C(=C\C=C(C)C)Nc1ccc(N=C/C=C\C)c(C)c1. The topological polar surface area (TPSA) is 36.8 Å². The van der Waals surface area contributed by atoms with E-state index in [0.717, 1.165) is 22.8 Å². The smallest absolute Gasteiger partial charge is 0.129 e. The highest BCUT2D eigenvalue weighted by Crippen LogP contribution is 2.23. The maximum Gasteiger partial charge on any atom is 0.129 e. The van der Waals surface area contributed by atoms with Gasteiger partial charge in [-0.3, -0.25) is 4.99 Å². The van der Waals surface area contributed by atoms with Crippen LogP contribution < -0.4 is 5.32 Å². The Morgan fingerprint density at radius 2 is 2.00 bits per heavy atom. The van der Waals surface area contributed by atoms with E-state index in [9.17, 15) is 0 Å². The molecule has 0 aliphatic rings. The Kier molecular flexibility index (Phi) is 6.88. The third kappa shape index (κ3) is 6.04. The van der Waals surface area contributed by atoms with E-state index < -0.39 is 0 Å². The average Bonchev–Trinajstić information content (AvgIpc) is 2.45. The Labute approximate surface area is 127 Å². The normalized spacial score (nSPS) is 11.9. The molecule has 0 fully saturated rings. The maximum absolute atomic E-state index is 4.40. The van der Waals surface area contributed by atoms with Crippen LogP contribution in [0.25, 0.3) is 0 Å². The second kappa shape index (κ2) is 8.69. The van der Waals surface area contributed by atoms with Crippen LogP contribution in [0.5, 0.6) is 0 Å². The molecule has 0 atom stereocenters. The predicted molar refractivity (Wildman–Crippen MR) is 94.8 cm³/mol. The van der Waals surface area contributed by atoms with Crippen molar-refractivity contribution in [2.24, 2.45) is 9.98 Å². The van der Waals surface area contributed by atoms with Crippen LogP contribution in [0.1, 0.15) is 26.3 Å². The van der Waals surface area contributed by atoms with E-state index in [4.69, 9.17) is 0 Å². The lowest BCUT2D eigenvalue weighted by molar-refractivity contribution is 1.29. The van der Waals surface area contributed by atoms with Gasteiger partial charge < -0.3 is 5.32 Å². The van der Waals surface area contributed by atoms with E-state index >= 15 is 0 Å². The minimum atomic E-state index is 0.723. The predicted octanol–water partition coefficient (Wildman–Crippen LogP) is 5.19. The molecule has 3 nitrogen and oxygen atoms in total. The van der Waals surface area contributed by atoms with Crippen molar-refractivity contribution in [2.45, 2.75) is 27.7 Å². The summed E-state index contributed by atoms with van der Waals surface area (Å²) in [6.07, 6.45) is 9.56. The molecular formula is C18H23N3. The summed E-state index contributed by atoms with van der Waals surface area (Å²) in [6, 6.07) is 6.01. The zero-order chi connectivity index (χ0) is 15.7. The summed E-state index contributed by atoms with van der Waals surface area (Å²) in [5, 5.41) is 3.24. The lowest BCUT2D eigenvalue weighted by Gasteiger charge is -2.08. The molecule has 0 aliphatic carbocycles. The molecule has 0 spiro atoms. The van der Waals surface area contributed by atoms with Crippen LogP contribution in [0.15, 0.2) is 63.9 Å². The number of benzene rings is 1. The summed E-state index contributed by atoms with van der Waals surface area (Å²) in [5.74, 6) is 0.723. The highest BCUT2D eigenvalue weighted by molar-refractivity contribution is 5.75. The number of aryl methyl sites for hydroxylation is 1. The minimum Gasteiger partial charge on any atom is -0.340 e. The van der Waals surface area contributed by atoms with Gasteiger partial charge in [0.15, 0.2) is 0 Å². The number of hydrogen-bond acceptors (Lipinski definition) is 3. The highest BCUT2D eigenvalue weighted by Gasteiger charge is 1.99. The van der Waals surface area contributed by atoms with Crippen LogP contribution in [0.4, 0.5) is 11.4 Å². The Hall–Kier alpha value is -2.42. The van der Waals surface area contributed by atoms with Crippen LogP contribution in [-0.4, -0.2) is 12.9 Å². The zero-order valence-electron chi connectivity index (χ0n) is 13.2. The summed E-state index contributed by atoms with van der Waals surface area (Å²) in [6.45, 7) is 11.7. The van der Waals surface area contributed by atoms with E-state index in [1.807, 2.05) is 70.2 Å². The van der Waals surface area contributed by atoms with Crippen LogP contribution in [0.3, 0.4) is 0 Å². The number of nitrogens with one attached hydrogen (secondary N) is 1. The number of rotatable bonds is 6. The first-order chi connectivity index (χ1) is 10.1. The molecule has 0 radical (unpaired) electrons. The lowest BCUT2D eigenvalue weighted by atomic mass is 10.2. The number of allylic oxidation sites excluding steroid dienone is 5. The van der Waals surface area contributed by atoms with E-state index in [1.54, 1.807) is 6.21 Å². The number of nitrogens with zero attached hydrogens (tertiary/aromatic N) is 2. The molecule has 0 heterocycles. The fourth-order valence-electron chi connectivity index (χ4n) is 1.61. The van der Waals surface area contributed by atoms with Crippen molar-refractivity contribution < 1.29 is 0 Å². The zero-order valence-corrected chi connectivity index (χ0v) is 13.2. The molecule has 110 valence electrons. The molecule has 0 aliphatic heterocycles. The van der Waals surface area contributed by atoms with Crippen molar-refractivity contribution in [3.63, 3.8) is 0 Å². The molecule has 0 saturated carbocycles. The number of hydrogen-bond donors (Lipinski definition) is 1. The van der Waals surface area contributed by atoms with Crippen molar-refractivity contribution in [3.8, 4) is 0 Å². The van der Waals surface area contributed by atoms with E-state index in [0.29, 0.717) is 0 Å². The summed E-state index contributed by atoms with van der Waals surface area (Å²) in [7, 11) is 0. The first-order valence-electron chi connectivity index (χ1n) is 6.91. The van der Waals surface area contributed by atoms with Gasteiger partial charge in [0, 0.05) is 11.9 Å². The van der Waals surface area contributed by atoms with Crippen molar-refractivity contribution in [1.82, 2.24) is 0 Å². The molecule has 21 heavy (non-hydrogen) atoms. The Morgan fingerprint density at radius 3 is 2.57 bits per heavy atom. The van der Waals surface area contributed by atoms with Crippen molar-refractivity contribution >= 4 is 24.3 Å². The third-order valence-electron chi connectivity index (χ3n) is 2.71. The Morgan fingerprint density at radius 1 is 1.24 bits per heavy atom. The van der Waals surface area contributed by atoms with Gasteiger partial charge in [-0.25, -0.2) is 4.99 Å². The second-order valence-electron chi connectivity index (χ2n) is 4.88.